The molecule has 1 N–H and O–H groups in total. The van der Waals surface area contributed by atoms with Gasteiger partial charge in [-0.05, 0) is 26.7 Å². The van der Waals surface area contributed by atoms with Crippen molar-refractivity contribution in [3.8, 4) is 0 Å². The molecule has 1 aliphatic heterocycles. The van der Waals surface area contributed by atoms with Crippen molar-refractivity contribution in [1.29, 1.82) is 0 Å². The van der Waals surface area contributed by atoms with E-state index in [2.05, 4.69) is 5.16 Å². The van der Waals surface area contributed by atoms with Gasteiger partial charge < -0.3 is 14.5 Å². The summed E-state index contributed by atoms with van der Waals surface area (Å²) in [6.45, 7) is 4.52. The van der Waals surface area contributed by atoms with Crippen LogP contribution >= 0.6 is 0 Å². The molecule has 1 saturated heterocycles. The van der Waals surface area contributed by atoms with Gasteiger partial charge in [-0.2, -0.15) is 0 Å². The number of aryl methyl sites for hydroxylation is 1. The van der Waals surface area contributed by atoms with Gasteiger partial charge in [-0.25, -0.2) is 0 Å². The van der Waals surface area contributed by atoms with E-state index in [4.69, 9.17) is 4.52 Å². The van der Waals surface area contributed by atoms with E-state index >= 15 is 0 Å². The van der Waals surface area contributed by atoms with Crippen LogP contribution < -0.4 is 0 Å². The molecule has 2 rings (SSSR count). The van der Waals surface area contributed by atoms with Crippen LogP contribution in [0.4, 0.5) is 0 Å². The standard InChI is InChI=1S/C11H16N2O3/c1-8-6-9(12-16-8)10(14)13-5-3-4-11(2,15)7-13/h6,15H,3-5,7H2,1-2H3. The number of likely N-dealkylation sites (tertiary alicyclic amines) is 1. The molecule has 5 nitrogen and oxygen atoms in total. The fraction of sp³-hybridized carbons (Fsp3) is 0.636. The second-order valence-corrected chi connectivity index (χ2v) is 4.65. The molecule has 0 spiro atoms. The molecule has 1 unspecified atom stereocenters. The Morgan fingerprint density at radius 2 is 2.44 bits per heavy atom. The van der Waals surface area contributed by atoms with E-state index < -0.39 is 5.60 Å². The fourth-order valence-corrected chi connectivity index (χ4v) is 2.02. The monoisotopic (exact) mass is 224 g/mol. The molecule has 1 aromatic rings. The lowest BCUT2D eigenvalue weighted by atomic mass is 9.95. The number of amides is 1. The number of hydrogen-bond donors (Lipinski definition) is 1. The van der Waals surface area contributed by atoms with E-state index in [-0.39, 0.29) is 5.91 Å². The van der Waals surface area contributed by atoms with Gasteiger partial charge >= 0.3 is 0 Å². The Morgan fingerprint density at radius 1 is 1.69 bits per heavy atom. The summed E-state index contributed by atoms with van der Waals surface area (Å²) in [5.74, 6) is 0.448. The van der Waals surface area contributed by atoms with E-state index in [0.717, 1.165) is 12.8 Å². The number of hydrogen-bond acceptors (Lipinski definition) is 4. The summed E-state index contributed by atoms with van der Waals surface area (Å²) < 4.78 is 4.87. The predicted octanol–water partition coefficient (Wildman–Crippen LogP) is 0.970. The lowest BCUT2D eigenvalue weighted by Crippen LogP contribution is -2.48. The zero-order valence-corrected chi connectivity index (χ0v) is 9.56. The highest BCUT2D eigenvalue weighted by molar-refractivity contribution is 5.92. The summed E-state index contributed by atoms with van der Waals surface area (Å²) in [5.41, 5.74) is -0.470. The highest BCUT2D eigenvalue weighted by Gasteiger charge is 2.32. The third-order valence-corrected chi connectivity index (χ3v) is 2.81. The number of rotatable bonds is 1. The van der Waals surface area contributed by atoms with Crippen LogP contribution in [0.25, 0.3) is 0 Å². The molecule has 1 amide bonds. The van der Waals surface area contributed by atoms with Crippen molar-refractivity contribution < 1.29 is 14.4 Å². The fourth-order valence-electron chi connectivity index (χ4n) is 2.02. The third-order valence-electron chi connectivity index (χ3n) is 2.81. The first-order valence-electron chi connectivity index (χ1n) is 5.43. The van der Waals surface area contributed by atoms with Crippen LogP contribution in [0.15, 0.2) is 10.6 Å². The summed E-state index contributed by atoms with van der Waals surface area (Å²) in [4.78, 5) is 13.6. The minimum absolute atomic E-state index is 0.170. The first-order valence-corrected chi connectivity index (χ1v) is 5.43. The predicted molar refractivity (Wildman–Crippen MR) is 57.0 cm³/mol. The molecular formula is C11H16N2O3. The second kappa shape index (κ2) is 3.90. The van der Waals surface area contributed by atoms with Gasteiger partial charge in [0.1, 0.15) is 5.76 Å². The third kappa shape index (κ3) is 2.24. The van der Waals surface area contributed by atoms with Crippen molar-refractivity contribution in [2.45, 2.75) is 32.3 Å². The summed E-state index contributed by atoms with van der Waals surface area (Å²) in [6.07, 6.45) is 1.55. The maximum atomic E-state index is 12.0. The van der Waals surface area contributed by atoms with Crippen molar-refractivity contribution in [3.63, 3.8) is 0 Å². The number of carbonyl (C=O) groups excluding carboxylic acids is 1. The Kier molecular flexibility index (Phi) is 2.71. The summed E-state index contributed by atoms with van der Waals surface area (Å²) >= 11 is 0. The lowest BCUT2D eigenvalue weighted by molar-refractivity contribution is -0.0110. The van der Waals surface area contributed by atoms with Gasteiger partial charge in [0.2, 0.25) is 0 Å². The minimum atomic E-state index is -0.785. The molecule has 0 bridgehead atoms. The molecule has 0 aliphatic carbocycles. The molecule has 1 aromatic heterocycles. The number of aliphatic hydroxyl groups is 1. The summed E-state index contributed by atoms with van der Waals surface area (Å²) in [5, 5.41) is 13.6. The molecule has 0 saturated carbocycles. The van der Waals surface area contributed by atoms with E-state index in [1.807, 2.05) is 0 Å². The average molecular weight is 224 g/mol. The van der Waals surface area contributed by atoms with Crippen molar-refractivity contribution in [2.75, 3.05) is 13.1 Å². The Bertz CT molecular complexity index is 398. The van der Waals surface area contributed by atoms with Crippen LogP contribution in [0.2, 0.25) is 0 Å². The Hall–Kier alpha value is -1.36. The van der Waals surface area contributed by atoms with Gasteiger partial charge in [0.25, 0.3) is 5.91 Å². The SMILES string of the molecule is Cc1cc(C(=O)N2CCCC(C)(O)C2)no1. The van der Waals surface area contributed by atoms with Crippen LogP contribution in [0.3, 0.4) is 0 Å². The maximum absolute atomic E-state index is 12.0. The van der Waals surface area contributed by atoms with Crippen molar-refractivity contribution in [3.05, 3.63) is 17.5 Å². The number of β-amino-alcohol motifs (C(OH)–C–C–N with tert-alkyl or cyclic N) is 1. The highest BCUT2D eigenvalue weighted by Crippen LogP contribution is 2.21. The van der Waals surface area contributed by atoms with Crippen LogP contribution in [-0.2, 0) is 0 Å². The topological polar surface area (TPSA) is 66.6 Å². The van der Waals surface area contributed by atoms with Crippen molar-refractivity contribution >= 4 is 5.91 Å². The van der Waals surface area contributed by atoms with Gasteiger partial charge in [-0.1, -0.05) is 5.16 Å². The van der Waals surface area contributed by atoms with Crippen molar-refractivity contribution in [1.82, 2.24) is 10.1 Å². The van der Waals surface area contributed by atoms with E-state index in [9.17, 15) is 9.90 Å². The maximum Gasteiger partial charge on any atom is 0.276 e. The molecule has 2 heterocycles. The highest BCUT2D eigenvalue weighted by atomic mass is 16.5. The molecule has 1 fully saturated rings. The summed E-state index contributed by atoms with van der Waals surface area (Å²) in [6, 6.07) is 1.62. The first kappa shape index (κ1) is 11.1. The van der Waals surface area contributed by atoms with Crippen LogP contribution in [0.5, 0.6) is 0 Å². The first-order chi connectivity index (χ1) is 7.48. The minimum Gasteiger partial charge on any atom is -0.388 e. The molecule has 88 valence electrons. The van der Waals surface area contributed by atoms with Crippen LogP contribution in [0.1, 0.15) is 36.0 Å². The van der Waals surface area contributed by atoms with Crippen LogP contribution in [-0.4, -0.2) is 39.8 Å². The van der Waals surface area contributed by atoms with Crippen molar-refractivity contribution in [2.24, 2.45) is 0 Å². The van der Waals surface area contributed by atoms with Gasteiger partial charge in [0.15, 0.2) is 5.69 Å². The number of piperidine rings is 1. The summed E-state index contributed by atoms with van der Waals surface area (Å²) in [7, 11) is 0. The van der Waals surface area contributed by atoms with Crippen LogP contribution in [0, 0.1) is 6.92 Å². The average Bonchev–Trinajstić information content (AvgIpc) is 2.62. The van der Waals surface area contributed by atoms with Gasteiger partial charge in [0.05, 0.1) is 5.60 Å². The Labute approximate surface area is 94.0 Å². The Balaban J connectivity index is 2.10. The molecule has 0 aromatic carbocycles. The quantitative estimate of drug-likeness (QED) is 0.771. The normalized spacial score (nSPS) is 25.8. The largest absolute Gasteiger partial charge is 0.388 e. The zero-order valence-electron chi connectivity index (χ0n) is 9.56. The van der Waals surface area contributed by atoms with Gasteiger partial charge in [0, 0.05) is 19.2 Å². The molecule has 16 heavy (non-hydrogen) atoms. The molecule has 5 heteroatoms. The van der Waals surface area contributed by atoms with Gasteiger partial charge in [-0.3, -0.25) is 4.79 Å². The Morgan fingerprint density at radius 3 is 3.00 bits per heavy atom. The number of nitrogens with zero attached hydrogens (tertiary/aromatic N) is 2. The van der Waals surface area contributed by atoms with E-state index in [0.29, 0.717) is 24.5 Å². The van der Waals surface area contributed by atoms with E-state index in [1.54, 1.807) is 24.8 Å². The lowest BCUT2D eigenvalue weighted by Gasteiger charge is -2.36. The van der Waals surface area contributed by atoms with Gasteiger partial charge in [-0.15, -0.1) is 0 Å². The molecular weight excluding hydrogens is 208 g/mol. The smallest absolute Gasteiger partial charge is 0.276 e. The number of carbonyl (C=O) groups is 1. The van der Waals surface area contributed by atoms with E-state index in [1.165, 1.54) is 0 Å². The molecule has 1 atom stereocenters. The number of aromatic nitrogens is 1. The molecule has 0 radical (unpaired) electrons. The zero-order chi connectivity index (χ0) is 11.8. The second-order valence-electron chi connectivity index (χ2n) is 4.65. The molecule has 1 aliphatic rings.